The van der Waals surface area contributed by atoms with Gasteiger partial charge in [-0.05, 0) is 6.92 Å². The average molecular weight is 842 g/mol. The summed E-state index contributed by atoms with van der Waals surface area (Å²) >= 11 is 0. The minimum absolute atomic E-state index is 0. The van der Waals surface area contributed by atoms with E-state index >= 15 is 0 Å². The number of carbonyl (C=O) groups is 1. The first kappa shape index (κ1) is 29.3. The second kappa shape index (κ2) is 22.7. The van der Waals surface area contributed by atoms with Crippen LogP contribution in [0.1, 0.15) is 6.92 Å². The maximum Gasteiger partial charge on any atom is 0.0732 e. The van der Waals surface area contributed by atoms with Crippen molar-refractivity contribution in [2.45, 2.75) is 6.92 Å². The van der Waals surface area contributed by atoms with Crippen LogP contribution < -0.4 is 0 Å². The van der Waals surface area contributed by atoms with Gasteiger partial charge in [0.05, 0.1) is 5.78 Å². The summed E-state index contributed by atoms with van der Waals surface area (Å²) in [6.07, 6.45) is 2.73. The summed E-state index contributed by atoms with van der Waals surface area (Å²) in [6.45, 7) is 2.52. The first-order valence-corrected chi connectivity index (χ1v) is 1.95. The molecule has 6 heteroatoms. The molecule has 68 valence electrons. The number of rotatable bonds is 2. The Labute approximate surface area is 122 Å². The minimum atomic E-state index is -0.0245. The van der Waals surface area contributed by atoms with E-state index in [-0.39, 0.29) is 87.5 Å². The second-order valence-electron chi connectivity index (χ2n) is 1.14. The molecular formula is C5H7NORe4-2. The van der Waals surface area contributed by atoms with Gasteiger partial charge < -0.3 is 17.1 Å². The molecule has 0 aromatic carbocycles. The normalized spacial score (nSPS) is 6.00. The summed E-state index contributed by atoms with van der Waals surface area (Å²) in [5.41, 5.74) is 6.43. The second-order valence-corrected chi connectivity index (χ2v) is 1.14. The molecule has 0 aromatic rings. The van der Waals surface area contributed by atoms with Crippen molar-refractivity contribution in [2.24, 2.45) is 0 Å². The van der Waals surface area contributed by atoms with Crippen molar-refractivity contribution in [3.05, 3.63) is 24.4 Å². The van der Waals surface area contributed by atoms with Gasteiger partial charge in [0.1, 0.15) is 0 Å². The molecule has 11 heavy (non-hydrogen) atoms. The monoisotopic (exact) mass is 845 g/mol. The Morgan fingerprint density at radius 1 is 1.27 bits per heavy atom. The molecule has 0 heterocycles. The van der Waals surface area contributed by atoms with E-state index in [0.29, 0.717) is 0 Å². The first-order valence-electron chi connectivity index (χ1n) is 1.95. The van der Waals surface area contributed by atoms with E-state index in [9.17, 15) is 4.79 Å². The SMILES string of the molecule is CC(=O)/C=C/[CH-][NH-].[Re].[Re].[Re].[Re]. The molecule has 4 radical (unpaired) electrons. The summed E-state index contributed by atoms with van der Waals surface area (Å²) in [4.78, 5) is 10.0. The molecule has 1 N–H and O–H groups in total. The van der Waals surface area contributed by atoms with Crippen molar-refractivity contribution in [3.8, 4) is 0 Å². The van der Waals surface area contributed by atoms with Gasteiger partial charge >= 0.3 is 0 Å². The predicted octanol–water partition coefficient (Wildman–Crippen LogP) is 1.34. The molecule has 0 aliphatic rings. The van der Waals surface area contributed by atoms with Gasteiger partial charge in [-0.3, -0.25) is 0 Å². The molecule has 0 bridgehead atoms. The topological polar surface area (TPSA) is 40.9 Å². The molecule has 0 saturated carbocycles. The van der Waals surface area contributed by atoms with Crippen LogP contribution in [0.25, 0.3) is 5.73 Å². The smallest absolute Gasteiger partial charge is 0.0732 e. The van der Waals surface area contributed by atoms with Crippen LogP contribution in [-0.4, -0.2) is 5.78 Å². The quantitative estimate of drug-likeness (QED) is 0.306. The first-order chi connectivity index (χ1) is 3.27. The maximum absolute atomic E-state index is 10.0. The van der Waals surface area contributed by atoms with E-state index in [1.165, 1.54) is 19.1 Å². The molecule has 0 fully saturated rings. The molecule has 0 amide bonds. The molecule has 0 atom stereocenters. The Balaban J connectivity index is -0.0000000300. The van der Waals surface area contributed by atoms with Crippen LogP contribution >= 0.6 is 0 Å². The van der Waals surface area contributed by atoms with Crippen LogP contribution in [0.5, 0.6) is 0 Å². The maximum atomic E-state index is 10.0. The third kappa shape index (κ3) is 33.5. The number of hydrogen-bond donors (Lipinski definition) is 0. The Hall–Kier alpha value is 1.89. The van der Waals surface area contributed by atoms with E-state index in [0.717, 1.165) is 6.54 Å². The van der Waals surface area contributed by atoms with E-state index in [1.807, 2.05) is 0 Å². The Morgan fingerprint density at radius 3 is 1.73 bits per heavy atom. The van der Waals surface area contributed by atoms with Gasteiger partial charge in [0, 0.05) is 81.7 Å². The molecule has 0 unspecified atom stereocenters. The zero-order valence-corrected chi connectivity index (χ0v) is 16.5. The van der Waals surface area contributed by atoms with Crippen molar-refractivity contribution in [1.29, 1.82) is 0 Å². The summed E-state index contributed by atoms with van der Waals surface area (Å²) in [7, 11) is 0. The summed E-state index contributed by atoms with van der Waals surface area (Å²) < 4.78 is 0. The number of hydrogen-bond acceptors (Lipinski definition) is 1. The number of allylic oxidation sites excluding steroid dienone is 1. The van der Waals surface area contributed by atoms with Crippen LogP contribution in [0.3, 0.4) is 0 Å². The van der Waals surface area contributed by atoms with Gasteiger partial charge in [0.25, 0.3) is 0 Å². The van der Waals surface area contributed by atoms with Crippen molar-refractivity contribution in [3.63, 3.8) is 0 Å². The summed E-state index contributed by atoms with van der Waals surface area (Å²) in [5, 5.41) is 0. The molecular weight excluding hydrogens is 835 g/mol. The van der Waals surface area contributed by atoms with Crippen molar-refractivity contribution < 1.29 is 86.5 Å². The predicted molar refractivity (Wildman–Crippen MR) is 28.4 cm³/mol. The van der Waals surface area contributed by atoms with E-state index in [1.54, 1.807) is 0 Å². The molecule has 0 rings (SSSR count). The Bertz CT molecular complexity index is 96.5. The van der Waals surface area contributed by atoms with Crippen molar-refractivity contribution in [1.82, 2.24) is 0 Å². The molecule has 0 spiro atoms. The molecule has 0 aliphatic carbocycles. The van der Waals surface area contributed by atoms with Crippen molar-refractivity contribution in [2.75, 3.05) is 0 Å². The van der Waals surface area contributed by atoms with Gasteiger partial charge in [0.2, 0.25) is 0 Å². The molecule has 0 aromatic heterocycles. The molecule has 0 saturated heterocycles. The van der Waals surface area contributed by atoms with Crippen LogP contribution in [0, 0.1) is 6.54 Å². The zero-order chi connectivity index (χ0) is 5.70. The number of ketones is 1. The third-order valence-electron chi connectivity index (χ3n) is 0.427. The zero-order valence-electron chi connectivity index (χ0n) is 5.65. The average Bonchev–Trinajstić information content (AvgIpc) is 1.61. The Kier molecular flexibility index (Phi) is 60.3. The fourth-order valence-corrected chi connectivity index (χ4v) is 0.184. The van der Waals surface area contributed by atoms with Crippen LogP contribution in [-0.2, 0) is 86.5 Å². The van der Waals surface area contributed by atoms with Gasteiger partial charge in [-0.1, -0.05) is 0 Å². The third-order valence-corrected chi connectivity index (χ3v) is 0.427. The van der Waals surface area contributed by atoms with Gasteiger partial charge in [-0.25, -0.2) is 6.08 Å². The largest absolute Gasteiger partial charge is 0.746 e. The standard InChI is InChI=1S/C5H7NO.4Re/c1-5(7)3-2-4-6;;;;/h2-4,6H,1H3;;;;/q-2;;;;/b3-2+;;;;. The fraction of sp³-hybridized carbons (Fsp3) is 0.200. The fourth-order valence-electron chi connectivity index (χ4n) is 0.184. The molecule has 2 nitrogen and oxygen atoms in total. The van der Waals surface area contributed by atoms with Crippen molar-refractivity contribution >= 4 is 5.78 Å². The van der Waals surface area contributed by atoms with E-state index in [2.05, 4.69) is 0 Å². The van der Waals surface area contributed by atoms with Gasteiger partial charge in [0.15, 0.2) is 0 Å². The number of nitrogens with one attached hydrogen (secondary N) is 1. The number of carbonyl (C=O) groups excluding carboxylic acids is 1. The van der Waals surface area contributed by atoms with E-state index < -0.39 is 0 Å². The van der Waals surface area contributed by atoms with Crippen LogP contribution in [0.4, 0.5) is 0 Å². The van der Waals surface area contributed by atoms with Gasteiger partial charge in [-0.15, -0.1) is 0 Å². The van der Waals surface area contributed by atoms with Gasteiger partial charge in [-0.2, -0.15) is 6.08 Å². The Morgan fingerprint density at radius 2 is 1.64 bits per heavy atom. The summed E-state index contributed by atoms with van der Waals surface area (Å²) in [6, 6.07) is 0. The van der Waals surface area contributed by atoms with Crippen LogP contribution in [0.2, 0.25) is 0 Å². The summed E-state index contributed by atoms with van der Waals surface area (Å²) in [5.74, 6) is -0.0245. The van der Waals surface area contributed by atoms with Crippen LogP contribution in [0.15, 0.2) is 12.2 Å². The minimum Gasteiger partial charge on any atom is -0.746 e. The molecule has 0 aliphatic heterocycles. The van der Waals surface area contributed by atoms with E-state index in [4.69, 9.17) is 5.73 Å².